The maximum Gasteiger partial charge on any atom is 0.220 e. The molecule has 1 aromatic carbocycles. The van der Waals surface area contributed by atoms with Crippen LogP contribution < -0.4 is 20.9 Å². The van der Waals surface area contributed by atoms with E-state index < -0.39 is 0 Å². The van der Waals surface area contributed by atoms with Crippen LogP contribution in [0.5, 0.6) is 0 Å². The van der Waals surface area contributed by atoms with Crippen molar-refractivity contribution in [3.05, 3.63) is 30.3 Å². The molecule has 0 radical (unpaired) electrons. The van der Waals surface area contributed by atoms with Gasteiger partial charge in [-0.2, -0.15) is 0 Å². The second-order valence-corrected chi connectivity index (χ2v) is 7.88. The minimum atomic E-state index is 0.175. The molecule has 6 nitrogen and oxygen atoms in total. The van der Waals surface area contributed by atoms with Gasteiger partial charge in [0.05, 0.1) is 6.54 Å². The summed E-state index contributed by atoms with van der Waals surface area (Å²) >= 11 is 0. The summed E-state index contributed by atoms with van der Waals surface area (Å²) in [7, 11) is 0. The Morgan fingerprint density at radius 3 is 2.68 bits per heavy atom. The van der Waals surface area contributed by atoms with Crippen LogP contribution in [-0.2, 0) is 4.79 Å². The highest BCUT2D eigenvalue weighted by Crippen LogP contribution is 2.27. The number of aliphatic imine (C=N–C) groups is 1. The van der Waals surface area contributed by atoms with Crippen molar-refractivity contribution in [2.45, 2.75) is 51.5 Å². The number of rotatable bonds is 8. The van der Waals surface area contributed by atoms with Crippen molar-refractivity contribution in [1.82, 2.24) is 16.0 Å². The summed E-state index contributed by atoms with van der Waals surface area (Å²) in [6.07, 6.45) is 6.76. The molecule has 1 aliphatic heterocycles. The number of hydrogen-bond acceptors (Lipinski definition) is 3. The minimum absolute atomic E-state index is 0.175. The van der Waals surface area contributed by atoms with Crippen LogP contribution in [0, 0.1) is 5.92 Å². The van der Waals surface area contributed by atoms with Crippen LogP contribution in [0.3, 0.4) is 0 Å². The third-order valence-electron chi connectivity index (χ3n) is 5.65. The van der Waals surface area contributed by atoms with E-state index in [1.807, 2.05) is 0 Å². The zero-order valence-electron chi connectivity index (χ0n) is 17.1. The number of carbonyl (C=O) groups is 1. The van der Waals surface area contributed by atoms with Crippen LogP contribution in [0.1, 0.15) is 45.4 Å². The van der Waals surface area contributed by atoms with E-state index in [-0.39, 0.29) is 5.91 Å². The van der Waals surface area contributed by atoms with Gasteiger partial charge < -0.3 is 20.9 Å². The predicted octanol–water partition coefficient (Wildman–Crippen LogP) is 2.52. The van der Waals surface area contributed by atoms with Crippen molar-refractivity contribution < 1.29 is 4.79 Å². The van der Waals surface area contributed by atoms with Gasteiger partial charge in [-0.3, -0.25) is 9.79 Å². The number of guanidine groups is 1. The molecular weight excluding hydrogens is 350 g/mol. The van der Waals surface area contributed by atoms with Gasteiger partial charge in [-0.1, -0.05) is 31.0 Å². The predicted molar refractivity (Wildman–Crippen MR) is 116 cm³/mol. The van der Waals surface area contributed by atoms with Gasteiger partial charge in [0.15, 0.2) is 5.96 Å². The highest BCUT2D eigenvalue weighted by molar-refractivity contribution is 5.80. The molecule has 1 aliphatic carbocycles. The number of nitrogens with one attached hydrogen (secondary N) is 3. The molecule has 1 amide bonds. The standard InChI is InChI=1S/C22H35N5O/c1-2-23-22(25-14-13-24-21(28)16-18-8-6-7-9-18)26-19-12-15-27(17-19)20-10-4-3-5-11-20/h3-5,10-11,18-19H,2,6-9,12-17H2,1H3,(H,24,28)(H2,23,25,26). The van der Waals surface area contributed by atoms with Crippen LogP contribution >= 0.6 is 0 Å². The van der Waals surface area contributed by atoms with Gasteiger partial charge in [0.1, 0.15) is 0 Å². The summed E-state index contributed by atoms with van der Waals surface area (Å²) in [5.74, 6) is 1.61. The zero-order valence-corrected chi connectivity index (χ0v) is 17.1. The monoisotopic (exact) mass is 385 g/mol. The summed E-state index contributed by atoms with van der Waals surface area (Å²) in [6, 6.07) is 10.9. The molecule has 2 aliphatic rings. The van der Waals surface area contributed by atoms with Crippen molar-refractivity contribution in [2.75, 3.05) is 37.6 Å². The van der Waals surface area contributed by atoms with Crippen molar-refractivity contribution in [3.8, 4) is 0 Å². The van der Waals surface area contributed by atoms with E-state index in [1.54, 1.807) is 0 Å². The summed E-state index contributed by atoms with van der Waals surface area (Å²) in [5.41, 5.74) is 1.28. The van der Waals surface area contributed by atoms with Gasteiger partial charge in [0, 0.05) is 44.3 Å². The number of benzene rings is 1. The second kappa shape index (κ2) is 10.9. The lowest BCUT2D eigenvalue weighted by Gasteiger charge is -2.20. The highest BCUT2D eigenvalue weighted by Gasteiger charge is 2.23. The van der Waals surface area contributed by atoms with Crippen LogP contribution in [0.2, 0.25) is 0 Å². The maximum absolute atomic E-state index is 12.0. The van der Waals surface area contributed by atoms with Crippen molar-refractivity contribution in [3.63, 3.8) is 0 Å². The quantitative estimate of drug-likeness (QED) is 0.365. The molecule has 28 heavy (non-hydrogen) atoms. The first-order chi connectivity index (χ1) is 13.7. The molecule has 0 bridgehead atoms. The molecule has 0 aromatic heterocycles. The van der Waals surface area contributed by atoms with E-state index in [4.69, 9.17) is 0 Å². The first-order valence-corrected chi connectivity index (χ1v) is 10.9. The second-order valence-electron chi connectivity index (χ2n) is 7.88. The molecule has 1 unspecified atom stereocenters. The first-order valence-electron chi connectivity index (χ1n) is 10.9. The molecule has 1 saturated heterocycles. The highest BCUT2D eigenvalue weighted by atomic mass is 16.1. The molecule has 0 spiro atoms. The minimum Gasteiger partial charge on any atom is -0.369 e. The third-order valence-corrected chi connectivity index (χ3v) is 5.65. The number of carbonyl (C=O) groups excluding carboxylic acids is 1. The molecule has 154 valence electrons. The summed E-state index contributed by atoms with van der Waals surface area (Å²) in [4.78, 5) is 19.1. The molecule has 1 saturated carbocycles. The van der Waals surface area contributed by atoms with E-state index in [0.717, 1.165) is 32.0 Å². The van der Waals surface area contributed by atoms with E-state index in [2.05, 4.69) is 63.1 Å². The SMILES string of the molecule is CCNC(=NCCNC(=O)CC1CCCC1)NC1CCN(c2ccccc2)C1. The van der Waals surface area contributed by atoms with Crippen molar-refractivity contribution >= 4 is 17.6 Å². The Kier molecular flexibility index (Phi) is 8.00. The topological polar surface area (TPSA) is 68.8 Å². The Morgan fingerprint density at radius 1 is 1.14 bits per heavy atom. The molecule has 2 fully saturated rings. The van der Waals surface area contributed by atoms with E-state index >= 15 is 0 Å². The first kappa shape index (κ1) is 20.5. The van der Waals surface area contributed by atoms with Gasteiger partial charge in [-0.15, -0.1) is 0 Å². The van der Waals surface area contributed by atoms with Crippen molar-refractivity contribution in [1.29, 1.82) is 0 Å². The van der Waals surface area contributed by atoms with E-state index in [9.17, 15) is 4.79 Å². The number of hydrogen-bond donors (Lipinski definition) is 3. The van der Waals surface area contributed by atoms with Gasteiger partial charge in [-0.05, 0) is 44.2 Å². The normalized spacial score (nSPS) is 20.4. The molecule has 1 heterocycles. The molecular formula is C22H35N5O. The molecule has 1 aromatic rings. The molecule has 3 N–H and O–H groups in total. The zero-order chi connectivity index (χ0) is 19.6. The lowest BCUT2D eigenvalue weighted by Crippen LogP contribution is -2.45. The summed E-state index contributed by atoms with van der Waals surface area (Å²) in [5, 5.41) is 9.89. The number of nitrogens with zero attached hydrogens (tertiary/aromatic N) is 2. The van der Waals surface area contributed by atoms with Gasteiger partial charge >= 0.3 is 0 Å². The number of amides is 1. The van der Waals surface area contributed by atoms with E-state index in [1.165, 1.54) is 31.4 Å². The Hall–Kier alpha value is -2.24. The maximum atomic E-state index is 12.0. The third kappa shape index (κ3) is 6.43. The summed E-state index contributed by atoms with van der Waals surface area (Å²) in [6.45, 7) is 6.13. The Labute approximate surface area is 169 Å². The molecule has 3 rings (SSSR count). The van der Waals surface area contributed by atoms with Crippen molar-refractivity contribution in [2.24, 2.45) is 10.9 Å². The van der Waals surface area contributed by atoms with Crippen LogP contribution in [0.25, 0.3) is 0 Å². The number of anilines is 1. The Morgan fingerprint density at radius 2 is 1.93 bits per heavy atom. The summed E-state index contributed by atoms with van der Waals surface area (Å²) < 4.78 is 0. The van der Waals surface area contributed by atoms with Crippen LogP contribution in [0.15, 0.2) is 35.3 Å². The number of para-hydroxylation sites is 1. The fourth-order valence-electron chi connectivity index (χ4n) is 4.18. The Bertz CT molecular complexity index is 627. The average Bonchev–Trinajstić information content (AvgIpc) is 3.38. The van der Waals surface area contributed by atoms with E-state index in [0.29, 0.717) is 31.5 Å². The smallest absolute Gasteiger partial charge is 0.220 e. The molecule has 1 atom stereocenters. The Balaban J connectivity index is 1.39. The van der Waals surface area contributed by atoms with Gasteiger partial charge in [-0.25, -0.2) is 0 Å². The fourth-order valence-corrected chi connectivity index (χ4v) is 4.18. The van der Waals surface area contributed by atoms with Gasteiger partial charge in [0.2, 0.25) is 5.91 Å². The fraction of sp³-hybridized carbons (Fsp3) is 0.636. The van der Waals surface area contributed by atoms with Gasteiger partial charge in [0.25, 0.3) is 0 Å². The lowest BCUT2D eigenvalue weighted by atomic mass is 10.0. The molecule has 6 heteroatoms. The lowest BCUT2D eigenvalue weighted by molar-refractivity contribution is -0.121. The van der Waals surface area contributed by atoms with Crippen LogP contribution in [0.4, 0.5) is 5.69 Å². The average molecular weight is 386 g/mol. The largest absolute Gasteiger partial charge is 0.369 e. The van der Waals surface area contributed by atoms with Crippen LogP contribution in [-0.4, -0.2) is 50.6 Å².